The van der Waals surface area contributed by atoms with Crippen LogP contribution in [0.1, 0.15) is 18.0 Å². The van der Waals surface area contributed by atoms with E-state index in [1.54, 1.807) is 19.2 Å². The summed E-state index contributed by atoms with van der Waals surface area (Å²) in [6.45, 7) is 0.581. The molecule has 0 saturated heterocycles. The number of nitrogens with zero attached hydrogens (tertiary/aromatic N) is 1. The maximum Gasteiger partial charge on any atom is 0.223 e. The van der Waals surface area contributed by atoms with Crippen molar-refractivity contribution in [1.82, 2.24) is 10.2 Å². The lowest BCUT2D eigenvalue weighted by atomic mass is 10.1. The van der Waals surface area contributed by atoms with Crippen LogP contribution in [0.15, 0.2) is 48.5 Å². The normalized spacial score (nSPS) is 11.9. The number of carbonyl (C=O) groups excluding carboxylic acids is 1. The van der Waals surface area contributed by atoms with Gasteiger partial charge in [-0.05, 0) is 43.9 Å². The van der Waals surface area contributed by atoms with Crippen molar-refractivity contribution in [2.45, 2.75) is 12.5 Å². The van der Waals surface area contributed by atoms with Gasteiger partial charge in [0.15, 0.2) is 11.6 Å². The van der Waals surface area contributed by atoms with Crippen molar-refractivity contribution < 1.29 is 18.7 Å². The van der Waals surface area contributed by atoms with Gasteiger partial charge in [0, 0.05) is 6.54 Å². The van der Waals surface area contributed by atoms with Crippen LogP contribution in [0, 0.1) is 5.82 Å². The first-order chi connectivity index (χ1) is 12.5. The van der Waals surface area contributed by atoms with E-state index in [1.807, 2.05) is 43.3 Å². The quantitative estimate of drug-likeness (QED) is 0.747. The molecule has 1 unspecified atom stereocenters. The highest BCUT2D eigenvalue weighted by Gasteiger charge is 2.16. The zero-order valence-corrected chi connectivity index (χ0v) is 15.4. The van der Waals surface area contributed by atoms with Gasteiger partial charge in [-0.2, -0.15) is 0 Å². The molecule has 6 heteroatoms. The van der Waals surface area contributed by atoms with E-state index in [9.17, 15) is 9.18 Å². The molecular weight excluding hydrogens is 335 g/mol. The molecule has 0 bridgehead atoms. The fraction of sp³-hybridized carbons (Fsp3) is 0.350. The summed E-state index contributed by atoms with van der Waals surface area (Å²) in [7, 11) is 5.54. The Hall–Kier alpha value is -2.60. The Morgan fingerprint density at radius 3 is 2.65 bits per heavy atom. The lowest BCUT2D eigenvalue weighted by Crippen LogP contribution is -2.35. The Kier molecular flexibility index (Phi) is 7.41. The third kappa shape index (κ3) is 5.74. The zero-order chi connectivity index (χ0) is 18.9. The summed E-state index contributed by atoms with van der Waals surface area (Å²) in [5.74, 6) is 0.358. The fourth-order valence-corrected chi connectivity index (χ4v) is 2.56. The van der Waals surface area contributed by atoms with Crippen LogP contribution in [0.4, 0.5) is 4.39 Å². The van der Waals surface area contributed by atoms with Gasteiger partial charge in [-0.15, -0.1) is 0 Å². The molecule has 2 rings (SSSR count). The minimum Gasteiger partial charge on any atom is -0.497 e. The molecular formula is C20H25FN2O3. The molecule has 2 aromatic carbocycles. The molecule has 0 saturated carbocycles. The van der Waals surface area contributed by atoms with Gasteiger partial charge in [0.2, 0.25) is 5.91 Å². The molecule has 5 nitrogen and oxygen atoms in total. The summed E-state index contributed by atoms with van der Waals surface area (Å²) in [4.78, 5) is 14.1. The van der Waals surface area contributed by atoms with E-state index >= 15 is 0 Å². The smallest absolute Gasteiger partial charge is 0.223 e. The first kappa shape index (κ1) is 19.7. The second-order valence-corrected chi connectivity index (χ2v) is 6.09. The van der Waals surface area contributed by atoms with E-state index in [2.05, 4.69) is 5.32 Å². The van der Waals surface area contributed by atoms with Crippen LogP contribution < -0.4 is 14.8 Å². The molecule has 0 aliphatic carbocycles. The summed E-state index contributed by atoms with van der Waals surface area (Å²) >= 11 is 0. The maximum atomic E-state index is 13.5. The SMILES string of the molecule is COc1cccc(C(CNC(=O)CCOc2ccccc2F)N(C)C)c1. The summed E-state index contributed by atoms with van der Waals surface area (Å²) in [5, 5.41) is 2.91. The molecule has 0 heterocycles. The largest absolute Gasteiger partial charge is 0.497 e. The Morgan fingerprint density at radius 1 is 1.19 bits per heavy atom. The number of methoxy groups -OCH3 is 1. The van der Waals surface area contributed by atoms with Crippen molar-refractivity contribution in [3.05, 3.63) is 59.9 Å². The second-order valence-electron chi connectivity index (χ2n) is 6.09. The summed E-state index contributed by atoms with van der Waals surface area (Å²) in [6.07, 6.45) is 0.159. The number of carbonyl (C=O) groups is 1. The van der Waals surface area contributed by atoms with Crippen LogP contribution in [0.25, 0.3) is 0 Å². The van der Waals surface area contributed by atoms with Gasteiger partial charge >= 0.3 is 0 Å². The van der Waals surface area contributed by atoms with Gasteiger partial charge in [0.25, 0.3) is 0 Å². The molecule has 1 amide bonds. The third-order valence-corrected chi connectivity index (χ3v) is 4.02. The average Bonchev–Trinajstić information content (AvgIpc) is 2.63. The number of ether oxygens (including phenoxy) is 2. The monoisotopic (exact) mass is 360 g/mol. The van der Waals surface area contributed by atoms with Crippen molar-refractivity contribution in [3.63, 3.8) is 0 Å². The van der Waals surface area contributed by atoms with E-state index in [0.717, 1.165) is 11.3 Å². The first-order valence-corrected chi connectivity index (χ1v) is 8.45. The summed E-state index contributed by atoms with van der Waals surface area (Å²) in [5.41, 5.74) is 1.05. The van der Waals surface area contributed by atoms with Crippen molar-refractivity contribution in [3.8, 4) is 11.5 Å². The third-order valence-electron chi connectivity index (χ3n) is 4.02. The van der Waals surface area contributed by atoms with Crippen LogP contribution in [-0.4, -0.2) is 45.2 Å². The molecule has 1 N–H and O–H groups in total. The number of amides is 1. The van der Waals surface area contributed by atoms with E-state index in [-0.39, 0.29) is 30.7 Å². The van der Waals surface area contributed by atoms with E-state index in [0.29, 0.717) is 6.54 Å². The van der Waals surface area contributed by atoms with Gasteiger partial charge in [0.1, 0.15) is 5.75 Å². The molecule has 0 spiro atoms. The van der Waals surface area contributed by atoms with E-state index in [1.165, 1.54) is 12.1 Å². The molecule has 0 fully saturated rings. The van der Waals surface area contributed by atoms with Gasteiger partial charge in [-0.25, -0.2) is 4.39 Å². The zero-order valence-electron chi connectivity index (χ0n) is 15.4. The fourth-order valence-electron chi connectivity index (χ4n) is 2.56. The Balaban J connectivity index is 1.84. The Morgan fingerprint density at radius 2 is 1.96 bits per heavy atom. The van der Waals surface area contributed by atoms with Crippen LogP contribution in [-0.2, 0) is 4.79 Å². The summed E-state index contributed by atoms with van der Waals surface area (Å²) < 4.78 is 24.0. The van der Waals surface area contributed by atoms with E-state index in [4.69, 9.17) is 9.47 Å². The van der Waals surface area contributed by atoms with Gasteiger partial charge in [-0.1, -0.05) is 24.3 Å². The Bertz CT molecular complexity index is 722. The molecule has 140 valence electrons. The van der Waals surface area contributed by atoms with Crippen molar-refractivity contribution in [1.29, 1.82) is 0 Å². The standard InChI is InChI=1S/C20H25FN2O3/c1-23(2)18(15-7-6-8-16(13-15)25-3)14-22-20(24)11-12-26-19-10-5-4-9-17(19)21/h4-10,13,18H,11-12,14H2,1-3H3,(H,22,24). The highest BCUT2D eigenvalue weighted by molar-refractivity contribution is 5.76. The number of nitrogens with one attached hydrogen (secondary N) is 1. The minimum absolute atomic E-state index is 0.0153. The Labute approximate surface area is 153 Å². The molecule has 0 aromatic heterocycles. The predicted molar refractivity (Wildman–Crippen MR) is 98.9 cm³/mol. The van der Waals surface area contributed by atoms with Crippen LogP contribution >= 0.6 is 0 Å². The highest BCUT2D eigenvalue weighted by Crippen LogP contribution is 2.22. The predicted octanol–water partition coefficient (Wildman–Crippen LogP) is 3.02. The lowest BCUT2D eigenvalue weighted by Gasteiger charge is -2.25. The van der Waals surface area contributed by atoms with Gasteiger partial charge in [0.05, 0.1) is 26.2 Å². The number of likely N-dealkylation sites (N-methyl/N-ethyl adjacent to an activating group) is 1. The maximum absolute atomic E-state index is 13.5. The molecule has 2 aromatic rings. The highest BCUT2D eigenvalue weighted by atomic mass is 19.1. The lowest BCUT2D eigenvalue weighted by molar-refractivity contribution is -0.121. The van der Waals surface area contributed by atoms with Gasteiger partial charge in [-0.3, -0.25) is 4.79 Å². The van der Waals surface area contributed by atoms with Gasteiger partial charge < -0.3 is 19.7 Å². The average molecular weight is 360 g/mol. The molecule has 0 aliphatic heterocycles. The van der Waals surface area contributed by atoms with E-state index < -0.39 is 5.82 Å². The molecule has 26 heavy (non-hydrogen) atoms. The topological polar surface area (TPSA) is 50.8 Å². The number of para-hydroxylation sites is 1. The number of benzene rings is 2. The first-order valence-electron chi connectivity index (χ1n) is 8.45. The number of halogens is 1. The van der Waals surface area contributed by atoms with Crippen LogP contribution in [0.5, 0.6) is 11.5 Å². The molecule has 1 atom stereocenters. The van der Waals surface area contributed by atoms with Crippen molar-refractivity contribution in [2.75, 3.05) is 34.4 Å². The molecule has 0 radical (unpaired) electrons. The molecule has 0 aliphatic rings. The number of rotatable bonds is 9. The minimum atomic E-state index is -0.432. The number of hydrogen-bond donors (Lipinski definition) is 1. The summed E-state index contributed by atoms with van der Waals surface area (Å²) in [6, 6.07) is 13.9. The van der Waals surface area contributed by atoms with Crippen molar-refractivity contribution in [2.24, 2.45) is 0 Å². The van der Waals surface area contributed by atoms with Crippen LogP contribution in [0.2, 0.25) is 0 Å². The van der Waals surface area contributed by atoms with Crippen LogP contribution in [0.3, 0.4) is 0 Å². The number of hydrogen-bond acceptors (Lipinski definition) is 4. The van der Waals surface area contributed by atoms with Crippen molar-refractivity contribution >= 4 is 5.91 Å². The second kappa shape index (κ2) is 9.77.